The summed E-state index contributed by atoms with van der Waals surface area (Å²) in [4.78, 5) is 0. The lowest BCUT2D eigenvalue weighted by Crippen LogP contribution is -2.32. The molecule has 0 aromatic carbocycles. The van der Waals surface area contributed by atoms with Gasteiger partial charge in [-0.05, 0) is 69.1 Å². The van der Waals surface area contributed by atoms with Crippen LogP contribution in [0.3, 0.4) is 0 Å². The van der Waals surface area contributed by atoms with Crippen molar-refractivity contribution in [3.63, 3.8) is 0 Å². The molecule has 3 saturated carbocycles. The second-order valence-corrected chi connectivity index (χ2v) is 8.71. The van der Waals surface area contributed by atoms with E-state index in [2.05, 4.69) is 18.8 Å². The van der Waals surface area contributed by atoms with Gasteiger partial charge < -0.3 is 0 Å². The lowest BCUT2D eigenvalue weighted by Gasteiger charge is -2.36. The van der Waals surface area contributed by atoms with Gasteiger partial charge in [-0.1, -0.05) is 37.4 Å². The SMILES string of the molecule is [B]C1CC(F)C(C#CC2CCC(C3CCC(C)CC3)CC2)C(F)C1. The first kappa shape index (κ1) is 18.3. The van der Waals surface area contributed by atoms with Crippen molar-refractivity contribution in [2.45, 2.75) is 89.3 Å². The predicted molar refractivity (Wildman–Crippen MR) is 96.4 cm³/mol. The third-order valence-corrected chi connectivity index (χ3v) is 6.79. The van der Waals surface area contributed by atoms with E-state index in [1.165, 1.54) is 38.5 Å². The fourth-order valence-electron chi connectivity index (χ4n) is 5.08. The van der Waals surface area contributed by atoms with Crippen LogP contribution in [0.5, 0.6) is 0 Å². The summed E-state index contributed by atoms with van der Waals surface area (Å²) in [6.45, 7) is 2.37. The Morgan fingerprint density at radius 1 is 0.750 bits per heavy atom. The van der Waals surface area contributed by atoms with Crippen molar-refractivity contribution in [2.24, 2.45) is 29.6 Å². The second-order valence-electron chi connectivity index (χ2n) is 8.71. The van der Waals surface area contributed by atoms with E-state index in [0.717, 1.165) is 30.6 Å². The fraction of sp³-hybridized carbons (Fsp3) is 0.905. The summed E-state index contributed by atoms with van der Waals surface area (Å²) in [7, 11) is 5.68. The van der Waals surface area contributed by atoms with E-state index in [0.29, 0.717) is 5.92 Å². The van der Waals surface area contributed by atoms with Crippen LogP contribution in [0.2, 0.25) is 5.82 Å². The molecule has 0 N–H and O–H groups in total. The summed E-state index contributed by atoms with van der Waals surface area (Å²) >= 11 is 0. The molecule has 132 valence electrons. The van der Waals surface area contributed by atoms with Gasteiger partial charge in [0.05, 0.1) is 13.8 Å². The highest BCUT2D eigenvalue weighted by Gasteiger charge is 2.36. The van der Waals surface area contributed by atoms with Crippen LogP contribution in [0, 0.1) is 41.4 Å². The van der Waals surface area contributed by atoms with Gasteiger partial charge in [-0.3, -0.25) is 0 Å². The topological polar surface area (TPSA) is 0 Å². The normalized spacial score (nSPS) is 46.8. The first-order valence-electron chi connectivity index (χ1n) is 10.1. The zero-order chi connectivity index (χ0) is 17.1. The molecule has 2 radical (unpaired) electrons. The highest BCUT2D eigenvalue weighted by atomic mass is 19.1. The number of hydrogen-bond donors (Lipinski definition) is 0. The van der Waals surface area contributed by atoms with E-state index >= 15 is 0 Å². The zero-order valence-electron chi connectivity index (χ0n) is 15.0. The van der Waals surface area contributed by atoms with Crippen molar-refractivity contribution in [1.82, 2.24) is 0 Å². The third-order valence-electron chi connectivity index (χ3n) is 6.79. The Kier molecular flexibility index (Phi) is 6.28. The molecule has 0 nitrogen and oxygen atoms in total. The Morgan fingerprint density at radius 3 is 1.79 bits per heavy atom. The molecule has 0 bridgehead atoms. The predicted octanol–water partition coefficient (Wildman–Crippen LogP) is 5.67. The molecule has 2 unspecified atom stereocenters. The Bertz CT molecular complexity index is 440. The molecular weight excluding hydrogens is 301 g/mol. The Balaban J connectivity index is 1.47. The highest BCUT2D eigenvalue weighted by Crippen LogP contribution is 2.41. The van der Waals surface area contributed by atoms with E-state index in [4.69, 9.17) is 7.85 Å². The molecule has 3 aliphatic rings. The molecule has 3 fully saturated rings. The maximum atomic E-state index is 14.0. The van der Waals surface area contributed by atoms with E-state index in [9.17, 15) is 8.78 Å². The Labute approximate surface area is 148 Å². The molecule has 3 heteroatoms. The molecular formula is C21H31BF2. The monoisotopic (exact) mass is 332 g/mol. The molecule has 3 aliphatic carbocycles. The van der Waals surface area contributed by atoms with Crippen LogP contribution in [-0.4, -0.2) is 20.2 Å². The first-order valence-corrected chi connectivity index (χ1v) is 10.1. The van der Waals surface area contributed by atoms with Crippen LogP contribution in [0.25, 0.3) is 0 Å². The molecule has 0 amide bonds. The number of alkyl halides is 2. The lowest BCUT2D eigenvalue weighted by molar-refractivity contribution is 0.112. The molecule has 0 aromatic rings. The van der Waals surface area contributed by atoms with Crippen molar-refractivity contribution in [3.8, 4) is 11.8 Å². The summed E-state index contributed by atoms with van der Waals surface area (Å²) in [5.41, 5.74) is 0. The molecule has 0 heterocycles. The summed E-state index contributed by atoms with van der Waals surface area (Å²) in [6.07, 6.45) is 8.45. The number of hydrogen-bond acceptors (Lipinski definition) is 0. The quantitative estimate of drug-likeness (QED) is 0.429. The van der Waals surface area contributed by atoms with Crippen LogP contribution in [0.1, 0.15) is 71.1 Å². The maximum absolute atomic E-state index is 14.0. The van der Waals surface area contributed by atoms with E-state index in [-0.39, 0.29) is 18.7 Å². The van der Waals surface area contributed by atoms with Gasteiger partial charge in [0.15, 0.2) is 0 Å². The minimum atomic E-state index is -1.20. The van der Waals surface area contributed by atoms with Crippen molar-refractivity contribution >= 4 is 7.85 Å². The van der Waals surface area contributed by atoms with Gasteiger partial charge >= 0.3 is 0 Å². The van der Waals surface area contributed by atoms with Crippen LogP contribution in [-0.2, 0) is 0 Å². The fourth-order valence-corrected chi connectivity index (χ4v) is 5.08. The highest BCUT2D eigenvalue weighted by molar-refractivity contribution is 6.11. The Morgan fingerprint density at radius 2 is 1.25 bits per heavy atom. The molecule has 0 aromatic heterocycles. The summed E-state index contributed by atoms with van der Waals surface area (Å²) in [6, 6.07) is 0. The molecule has 2 atom stereocenters. The largest absolute Gasteiger partial charge is 0.246 e. The smallest absolute Gasteiger partial charge is 0.116 e. The average molecular weight is 332 g/mol. The standard InChI is InChI=1S/C21H31BF2/c1-14-2-7-16(8-3-14)17-9-4-15(5-10-17)6-11-19-20(23)12-18(22)13-21(19)24/h14-21H,2-5,7-10,12-13H2,1H3. The number of halogens is 2. The van der Waals surface area contributed by atoms with Gasteiger partial charge in [0.1, 0.15) is 12.3 Å². The van der Waals surface area contributed by atoms with E-state index in [1.807, 2.05) is 0 Å². The van der Waals surface area contributed by atoms with Gasteiger partial charge in [-0.2, -0.15) is 0 Å². The van der Waals surface area contributed by atoms with Crippen LogP contribution >= 0.6 is 0 Å². The molecule has 3 rings (SSSR count). The van der Waals surface area contributed by atoms with Crippen LogP contribution in [0.4, 0.5) is 8.78 Å². The minimum absolute atomic E-state index is 0.257. The molecule has 0 spiro atoms. The molecule has 24 heavy (non-hydrogen) atoms. The average Bonchev–Trinajstić information content (AvgIpc) is 2.55. The van der Waals surface area contributed by atoms with Crippen LogP contribution in [0.15, 0.2) is 0 Å². The molecule has 0 aliphatic heterocycles. The molecule has 0 saturated heterocycles. The van der Waals surface area contributed by atoms with Gasteiger partial charge in [0.25, 0.3) is 0 Å². The van der Waals surface area contributed by atoms with Gasteiger partial charge in [0.2, 0.25) is 0 Å². The summed E-state index contributed by atoms with van der Waals surface area (Å²) in [5, 5.41) is 0. The van der Waals surface area contributed by atoms with Gasteiger partial charge in [0, 0.05) is 5.92 Å². The summed E-state index contributed by atoms with van der Waals surface area (Å²) < 4.78 is 28.0. The van der Waals surface area contributed by atoms with E-state index in [1.54, 1.807) is 0 Å². The van der Waals surface area contributed by atoms with Gasteiger partial charge in [-0.15, -0.1) is 0 Å². The zero-order valence-corrected chi connectivity index (χ0v) is 15.0. The number of rotatable bonds is 1. The van der Waals surface area contributed by atoms with Crippen molar-refractivity contribution < 1.29 is 8.78 Å². The summed E-state index contributed by atoms with van der Waals surface area (Å²) in [5.74, 6) is 8.13. The maximum Gasteiger partial charge on any atom is 0.116 e. The van der Waals surface area contributed by atoms with Crippen molar-refractivity contribution in [3.05, 3.63) is 0 Å². The van der Waals surface area contributed by atoms with Gasteiger partial charge in [-0.25, -0.2) is 8.78 Å². The minimum Gasteiger partial charge on any atom is -0.246 e. The van der Waals surface area contributed by atoms with Crippen molar-refractivity contribution in [2.75, 3.05) is 0 Å². The van der Waals surface area contributed by atoms with Crippen molar-refractivity contribution in [1.29, 1.82) is 0 Å². The second kappa shape index (κ2) is 8.24. The van der Waals surface area contributed by atoms with E-state index < -0.39 is 18.3 Å². The third kappa shape index (κ3) is 4.56. The lowest BCUT2D eigenvalue weighted by atomic mass is 9.69. The van der Waals surface area contributed by atoms with Crippen LogP contribution < -0.4 is 0 Å². The Hall–Kier alpha value is -0.515. The first-order chi connectivity index (χ1) is 11.5.